The average Bonchev–Trinajstić information content (AvgIpc) is 2.54. The van der Waals surface area contributed by atoms with Crippen LogP contribution in [-0.2, 0) is 14.6 Å². The van der Waals surface area contributed by atoms with Crippen LogP contribution in [0.15, 0.2) is 0 Å². The molecule has 1 aliphatic heterocycles. The molecule has 1 heterocycles. The van der Waals surface area contributed by atoms with Crippen molar-refractivity contribution < 1.29 is 18.3 Å². The van der Waals surface area contributed by atoms with Crippen LogP contribution in [0.4, 0.5) is 0 Å². The van der Waals surface area contributed by atoms with Gasteiger partial charge in [0.2, 0.25) is 0 Å². The maximum absolute atomic E-state index is 11.3. The first kappa shape index (κ1) is 13.4. The lowest BCUT2D eigenvalue weighted by atomic mass is 10.1. The zero-order valence-corrected chi connectivity index (χ0v) is 10.5. The molecule has 0 amide bonds. The molecule has 16 heavy (non-hydrogen) atoms. The van der Waals surface area contributed by atoms with Crippen LogP contribution >= 0.6 is 0 Å². The Morgan fingerprint density at radius 1 is 1.56 bits per heavy atom. The summed E-state index contributed by atoms with van der Waals surface area (Å²) in [6.45, 7) is 1.92. The summed E-state index contributed by atoms with van der Waals surface area (Å²) in [4.78, 5) is 12.6. The third-order valence-corrected chi connectivity index (χ3v) is 4.99. The Morgan fingerprint density at radius 3 is 2.56 bits per heavy atom. The van der Waals surface area contributed by atoms with Gasteiger partial charge in [-0.2, -0.15) is 0 Å². The Labute approximate surface area is 96.4 Å². The lowest BCUT2D eigenvalue weighted by Gasteiger charge is -2.30. The van der Waals surface area contributed by atoms with Gasteiger partial charge in [0.15, 0.2) is 9.84 Å². The number of sulfone groups is 1. The van der Waals surface area contributed by atoms with E-state index in [0.29, 0.717) is 6.42 Å². The van der Waals surface area contributed by atoms with Gasteiger partial charge in [0.1, 0.15) is 0 Å². The van der Waals surface area contributed by atoms with Gasteiger partial charge in [0.05, 0.1) is 17.9 Å². The van der Waals surface area contributed by atoms with Crippen molar-refractivity contribution in [3.63, 3.8) is 0 Å². The summed E-state index contributed by atoms with van der Waals surface area (Å²) in [6, 6.07) is -0.0925. The van der Waals surface area contributed by atoms with E-state index in [9.17, 15) is 13.2 Å². The fourth-order valence-electron chi connectivity index (χ4n) is 2.17. The Balaban J connectivity index is 2.62. The molecule has 6 heteroatoms. The predicted octanol–water partition coefficient (Wildman–Crippen LogP) is 0.359. The van der Waals surface area contributed by atoms with Crippen molar-refractivity contribution in [2.24, 2.45) is 0 Å². The summed E-state index contributed by atoms with van der Waals surface area (Å²) >= 11 is 0. The van der Waals surface area contributed by atoms with Gasteiger partial charge in [-0.3, -0.25) is 9.69 Å². The molecule has 0 spiro atoms. The van der Waals surface area contributed by atoms with Crippen LogP contribution in [0, 0.1) is 0 Å². The highest BCUT2D eigenvalue weighted by Crippen LogP contribution is 2.20. The molecule has 2 atom stereocenters. The van der Waals surface area contributed by atoms with Crippen LogP contribution in [0.25, 0.3) is 0 Å². The molecule has 0 aromatic rings. The first-order chi connectivity index (χ1) is 7.35. The van der Waals surface area contributed by atoms with E-state index in [1.54, 1.807) is 0 Å². The highest BCUT2D eigenvalue weighted by atomic mass is 32.2. The summed E-state index contributed by atoms with van der Waals surface area (Å²) in [7, 11) is -1.08. The van der Waals surface area contributed by atoms with Crippen molar-refractivity contribution in [1.82, 2.24) is 4.90 Å². The van der Waals surface area contributed by atoms with Crippen LogP contribution in [0.3, 0.4) is 0 Å². The zero-order valence-electron chi connectivity index (χ0n) is 9.72. The van der Waals surface area contributed by atoms with Gasteiger partial charge in [0.25, 0.3) is 0 Å². The fourth-order valence-corrected chi connectivity index (χ4v) is 3.96. The molecule has 0 bridgehead atoms. The molecule has 94 valence electrons. The maximum atomic E-state index is 11.3. The van der Waals surface area contributed by atoms with Gasteiger partial charge in [-0.05, 0) is 19.9 Å². The second kappa shape index (κ2) is 5.14. The first-order valence-electron chi connectivity index (χ1n) is 5.50. The minimum Gasteiger partial charge on any atom is -0.481 e. The maximum Gasteiger partial charge on any atom is 0.304 e. The molecular weight excluding hydrogens is 230 g/mol. The van der Waals surface area contributed by atoms with Crippen molar-refractivity contribution in [3.8, 4) is 0 Å². The van der Waals surface area contributed by atoms with Gasteiger partial charge in [0, 0.05) is 12.1 Å². The Hall–Kier alpha value is -0.620. The Morgan fingerprint density at radius 2 is 2.19 bits per heavy atom. The monoisotopic (exact) mass is 249 g/mol. The number of hydrogen-bond acceptors (Lipinski definition) is 4. The number of carboxylic acids is 1. The van der Waals surface area contributed by atoms with Crippen LogP contribution in [0.1, 0.15) is 26.2 Å². The van der Waals surface area contributed by atoms with E-state index in [1.165, 1.54) is 0 Å². The molecule has 1 N–H and O–H groups in total. The standard InChI is InChI=1S/C10H19NO4S/c1-3-8(6-10(12)13)11(2)9-4-5-16(14,15)7-9/h8-9H,3-7H2,1-2H3,(H,12,13). The topological polar surface area (TPSA) is 74.7 Å². The third kappa shape index (κ3) is 3.45. The van der Waals surface area contributed by atoms with Crippen LogP contribution < -0.4 is 0 Å². The molecule has 0 aromatic carbocycles. The molecule has 5 nitrogen and oxygen atoms in total. The summed E-state index contributed by atoms with van der Waals surface area (Å²) < 4.78 is 22.7. The first-order valence-corrected chi connectivity index (χ1v) is 7.32. The summed E-state index contributed by atoms with van der Waals surface area (Å²) in [6.07, 6.45) is 1.41. The van der Waals surface area contributed by atoms with Gasteiger partial charge >= 0.3 is 5.97 Å². The van der Waals surface area contributed by atoms with E-state index in [1.807, 2.05) is 18.9 Å². The second-order valence-corrected chi connectivity index (χ2v) is 6.61. The molecule has 0 aromatic heterocycles. The molecule has 1 aliphatic rings. The van der Waals surface area contributed by atoms with Crippen LogP contribution in [-0.4, -0.2) is 55.0 Å². The van der Waals surface area contributed by atoms with Crippen LogP contribution in [0.5, 0.6) is 0 Å². The SMILES string of the molecule is CCC(CC(=O)O)N(C)C1CCS(=O)(=O)C1. The summed E-state index contributed by atoms with van der Waals surface area (Å²) in [5.74, 6) is -0.440. The minimum atomic E-state index is -2.90. The number of carboxylic acid groups (broad SMARTS) is 1. The van der Waals surface area contributed by atoms with Gasteiger partial charge in [-0.1, -0.05) is 6.92 Å². The van der Waals surface area contributed by atoms with Gasteiger partial charge in [-0.25, -0.2) is 8.42 Å². The van der Waals surface area contributed by atoms with Gasteiger partial charge < -0.3 is 5.11 Å². The molecule has 0 saturated carbocycles. The van der Waals surface area contributed by atoms with E-state index < -0.39 is 15.8 Å². The number of aliphatic carboxylic acids is 1. The minimum absolute atomic E-state index is 0.0192. The molecule has 0 radical (unpaired) electrons. The quantitative estimate of drug-likeness (QED) is 0.761. The number of rotatable bonds is 5. The third-order valence-electron chi connectivity index (χ3n) is 3.24. The fraction of sp³-hybridized carbons (Fsp3) is 0.900. The van der Waals surface area contributed by atoms with E-state index >= 15 is 0 Å². The normalized spacial score (nSPS) is 25.8. The number of hydrogen-bond donors (Lipinski definition) is 1. The van der Waals surface area contributed by atoms with Crippen molar-refractivity contribution in [1.29, 1.82) is 0 Å². The van der Waals surface area contributed by atoms with Gasteiger partial charge in [-0.15, -0.1) is 0 Å². The molecular formula is C10H19NO4S. The second-order valence-electron chi connectivity index (χ2n) is 4.38. The van der Waals surface area contributed by atoms with E-state index in [-0.39, 0.29) is 30.0 Å². The van der Waals surface area contributed by atoms with E-state index in [2.05, 4.69) is 0 Å². The van der Waals surface area contributed by atoms with Crippen molar-refractivity contribution >= 4 is 15.8 Å². The molecule has 2 unspecified atom stereocenters. The molecule has 1 fully saturated rings. The van der Waals surface area contributed by atoms with Crippen molar-refractivity contribution in [2.45, 2.75) is 38.3 Å². The zero-order chi connectivity index (χ0) is 12.3. The Bertz CT molecular complexity index is 352. The largest absolute Gasteiger partial charge is 0.481 e. The highest BCUT2D eigenvalue weighted by molar-refractivity contribution is 7.91. The average molecular weight is 249 g/mol. The molecule has 1 saturated heterocycles. The smallest absolute Gasteiger partial charge is 0.304 e. The molecule has 1 rings (SSSR count). The molecule has 0 aliphatic carbocycles. The van der Waals surface area contributed by atoms with E-state index in [0.717, 1.165) is 6.42 Å². The van der Waals surface area contributed by atoms with Crippen molar-refractivity contribution in [2.75, 3.05) is 18.6 Å². The summed E-state index contributed by atoms with van der Waals surface area (Å²) in [5.41, 5.74) is 0. The highest BCUT2D eigenvalue weighted by Gasteiger charge is 2.33. The lowest BCUT2D eigenvalue weighted by Crippen LogP contribution is -2.41. The number of carbonyl (C=O) groups is 1. The van der Waals surface area contributed by atoms with Crippen LogP contribution in [0.2, 0.25) is 0 Å². The summed E-state index contributed by atoms with van der Waals surface area (Å²) in [5, 5.41) is 8.76. The van der Waals surface area contributed by atoms with E-state index in [4.69, 9.17) is 5.11 Å². The number of nitrogens with zero attached hydrogens (tertiary/aromatic N) is 1. The van der Waals surface area contributed by atoms with Crippen molar-refractivity contribution in [3.05, 3.63) is 0 Å². The lowest BCUT2D eigenvalue weighted by molar-refractivity contribution is -0.138. The predicted molar refractivity (Wildman–Crippen MR) is 61.2 cm³/mol. The Kier molecular flexibility index (Phi) is 4.32.